The Morgan fingerprint density at radius 2 is 2.12 bits per heavy atom. The van der Waals surface area contributed by atoms with Gasteiger partial charge in [-0.25, -0.2) is 0 Å². The minimum atomic E-state index is 0.613. The molecule has 16 heavy (non-hydrogen) atoms. The topological polar surface area (TPSA) is 0 Å². The summed E-state index contributed by atoms with van der Waals surface area (Å²) in [5.74, 6) is 2.88. The zero-order valence-electron chi connectivity index (χ0n) is 11.3. The Hall–Kier alpha value is -0.260. The van der Waals surface area contributed by atoms with Gasteiger partial charge in [-0.3, -0.25) is 0 Å². The summed E-state index contributed by atoms with van der Waals surface area (Å²) >= 11 is 0. The van der Waals surface area contributed by atoms with E-state index in [9.17, 15) is 0 Å². The first kappa shape index (κ1) is 10.9. The van der Waals surface area contributed by atoms with E-state index in [2.05, 4.69) is 33.8 Å². The third-order valence-corrected chi connectivity index (χ3v) is 6.86. The van der Waals surface area contributed by atoms with Gasteiger partial charge in [0.15, 0.2) is 0 Å². The van der Waals surface area contributed by atoms with E-state index in [0.717, 1.165) is 17.8 Å². The van der Waals surface area contributed by atoms with E-state index in [-0.39, 0.29) is 0 Å². The van der Waals surface area contributed by atoms with Crippen LogP contribution >= 0.6 is 0 Å². The standard InChI is InChI=1S/C16H26/c1-5-15(4)13-10-16(9-8-11(13)2)12(3)6-7-14(15)16/h8,12-14H,5-7,9-10H2,1-4H3. The van der Waals surface area contributed by atoms with Crippen molar-refractivity contribution in [1.29, 1.82) is 0 Å². The number of rotatable bonds is 1. The Morgan fingerprint density at radius 3 is 2.81 bits per heavy atom. The molecular weight excluding hydrogens is 192 g/mol. The van der Waals surface area contributed by atoms with Crippen LogP contribution in [0, 0.1) is 28.6 Å². The van der Waals surface area contributed by atoms with Crippen LogP contribution in [-0.2, 0) is 0 Å². The lowest BCUT2D eigenvalue weighted by Gasteiger charge is -2.38. The number of hydrogen-bond acceptors (Lipinski definition) is 0. The van der Waals surface area contributed by atoms with E-state index < -0.39 is 0 Å². The van der Waals surface area contributed by atoms with Gasteiger partial charge < -0.3 is 0 Å². The van der Waals surface area contributed by atoms with E-state index in [0.29, 0.717) is 10.8 Å². The molecule has 0 aromatic rings. The lowest BCUT2D eigenvalue weighted by atomic mass is 9.67. The van der Waals surface area contributed by atoms with E-state index in [1.807, 2.05) is 0 Å². The van der Waals surface area contributed by atoms with Crippen molar-refractivity contribution in [3.8, 4) is 0 Å². The molecule has 0 N–H and O–H groups in total. The van der Waals surface area contributed by atoms with Crippen LogP contribution in [-0.4, -0.2) is 0 Å². The van der Waals surface area contributed by atoms with Crippen molar-refractivity contribution in [3.63, 3.8) is 0 Å². The Balaban J connectivity index is 2.10. The highest BCUT2D eigenvalue weighted by molar-refractivity contribution is 5.25. The molecule has 90 valence electrons. The number of hydrogen-bond donors (Lipinski definition) is 0. The van der Waals surface area contributed by atoms with Crippen LogP contribution in [0.3, 0.4) is 0 Å². The third kappa shape index (κ3) is 1.02. The molecule has 0 heteroatoms. The SMILES string of the molecule is CCC1(C)C2CC3(CC=C2C)C(C)CCC13. The minimum absolute atomic E-state index is 0.613. The van der Waals surface area contributed by atoms with Gasteiger partial charge in [0.25, 0.3) is 0 Å². The second-order valence-electron chi connectivity index (χ2n) is 7.03. The zero-order valence-corrected chi connectivity index (χ0v) is 11.3. The third-order valence-electron chi connectivity index (χ3n) is 6.86. The molecule has 2 saturated carbocycles. The molecule has 2 bridgehead atoms. The maximum atomic E-state index is 2.59. The normalized spacial score (nSPS) is 55.0. The predicted octanol–water partition coefficient (Wildman–Crippen LogP) is 4.81. The van der Waals surface area contributed by atoms with Crippen LogP contribution in [0.5, 0.6) is 0 Å². The maximum Gasteiger partial charge on any atom is -0.0144 e. The van der Waals surface area contributed by atoms with Crippen molar-refractivity contribution in [2.24, 2.45) is 28.6 Å². The molecule has 0 nitrogen and oxygen atoms in total. The first-order valence-corrected chi connectivity index (χ1v) is 7.21. The first-order chi connectivity index (χ1) is 7.54. The molecule has 5 unspecified atom stereocenters. The quantitative estimate of drug-likeness (QED) is 0.554. The van der Waals surface area contributed by atoms with E-state index in [4.69, 9.17) is 0 Å². The summed E-state index contributed by atoms with van der Waals surface area (Å²) < 4.78 is 0. The van der Waals surface area contributed by atoms with Gasteiger partial charge in [0, 0.05) is 0 Å². The molecule has 0 aromatic carbocycles. The van der Waals surface area contributed by atoms with Gasteiger partial charge in [-0.05, 0) is 67.6 Å². The maximum absolute atomic E-state index is 2.59. The Morgan fingerprint density at radius 1 is 1.38 bits per heavy atom. The molecule has 3 rings (SSSR count). The average molecular weight is 218 g/mol. The lowest BCUT2D eigenvalue weighted by Crippen LogP contribution is -2.31. The summed E-state index contributed by atoms with van der Waals surface area (Å²) in [5, 5.41) is 0. The van der Waals surface area contributed by atoms with Crippen molar-refractivity contribution in [1.82, 2.24) is 0 Å². The van der Waals surface area contributed by atoms with Crippen molar-refractivity contribution < 1.29 is 0 Å². The van der Waals surface area contributed by atoms with E-state index in [1.165, 1.54) is 32.1 Å². The highest BCUT2D eigenvalue weighted by atomic mass is 14.7. The Bertz CT molecular complexity index is 340. The summed E-state index contributed by atoms with van der Waals surface area (Å²) in [6, 6.07) is 0. The minimum Gasteiger partial charge on any atom is -0.0847 e. The van der Waals surface area contributed by atoms with Crippen LogP contribution in [0.15, 0.2) is 11.6 Å². The van der Waals surface area contributed by atoms with Gasteiger partial charge in [0.05, 0.1) is 0 Å². The number of fused-ring (bicyclic) bond motifs is 1. The van der Waals surface area contributed by atoms with Crippen molar-refractivity contribution in [3.05, 3.63) is 11.6 Å². The molecule has 0 aromatic heterocycles. The Kier molecular flexibility index (Phi) is 2.14. The first-order valence-electron chi connectivity index (χ1n) is 7.21. The largest absolute Gasteiger partial charge is 0.0847 e. The molecule has 2 fully saturated rings. The van der Waals surface area contributed by atoms with Crippen LogP contribution in [0.4, 0.5) is 0 Å². The number of allylic oxidation sites excluding steroid dienone is 2. The van der Waals surface area contributed by atoms with E-state index in [1.54, 1.807) is 5.57 Å². The fourth-order valence-electron chi connectivity index (χ4n) is 5.61. The van der Waals surface area contributed by atoms with Crippen molar-refractivity contribution >= 4 is 0 Å². The molecule has 0 heterocycles. The second-order valence-corrected chi connectivity index (χ2v) is 7.03. The van der Waals surface area contributed by atoms with Crippen LogP contribution in [0.1, 0.15) is 59.8 Å². The fraction of sp³-hybridized carbons (Fsp3) is 0.875. The van der Waals surface area contributed by atoms with Gasteiger partial charge in [0.1, 0.15) is 0 Å². The molecule has 0 saturated heterocycles. The molecule has 1 spiro atoms. The molecule has 3 aliphatic carbocycles. The molecule has 0 radical (unpaired) electrons. The Labute approximate surface area is 101 Å². The summed E-state index contributed by atoms with van der Waals surface area (Å²) in [5.41, 5.74) is 3.02. The van der Waals surface area contributed by atoms with Crippen LogP contribution < -0.4 is 0 Å². The van der Waals surface area contributed by atoms with Gasteiger partial charge in [-0.1, -0.05) is 32.4 Å². The fourth-order valence-corrected chi connectivity index (χ4v) is 5.61. The van der Waals surface area contributed by atoms with Crippen molar-refractivity contribution in [2.75, 3.05) is 0 Å². The predicted molar refractivity (Wildman–Crippen MR) is 69.2 cm³/mol. The van der Waals surface area contributed by atoms with Gasteiger partial charge in [-0.15, -0.1) is 0 Å². The second kappa shape index (κ2) is 3.15. The summed E-state index contributed by atoms with van der Waals surface area (Å²) in [7, 11) is 0. The smallest absolute Gasteiger partial charge is 0.0144 e. The molecule has 5 atom stereocenters. The highest BCUT2D eigenvalue weighted by Gasteiger charge is 2.63. The summed E-state index contributed by atoms with van der Waals surface area (Å²) in [6.07, 6.45) is 9.84. The summed E-state index contributed by atoms with van der Waals surface area (Å²) in [6.45, 7) is 9.92. The summed E-state index contributed by atoms with van der Waals surface area (Å²) in [4.78, 5) is 0. The lowest BCUT2D eigenvalue weighted by molar-refractivity contribution is 0.112. The van der Waals surface area contributed by atoms with Gasteiger partial charge >= 0.3 is 0 Å². The van der Waals surface area contributed by atoms with Crippen LogP contribution in [0.25, 0.3) is 0 Å². The molecule has 0 amide bonds. The zero-order chi connectivity index (χ0) is 11.6. The monoisotopic (exact) mass is 218 g/mol. The van der Waals surface area contributed by atoms with Crippen molar-refractivity contribution in [2.45, 2.75) is 59.8 Å². The molecule has 3 aliphatic rings. The van der Waals surface area contributed by atoms with Gasteiger partial charge in [0.2, 0.25) is 0 Å². The molecular formula is C16H26. The van der Waals surface area contributed by atoms with Crippen LogP contribution in [0.2, 0.25) is 0 Å². The van der Waals surface area contributed by atoms with E-state index >= 15 is 0 Å². The average Bonchev–Trinajstić information content (AvgIpc) is 2.70. The molecule has 0 aliphatic heterocycles. The van der Waals surface area contributed by atoms with Gasteiger partial charge in [-0.2, -0.15) is 0 Å². The highest BCUT2D eigenvalue weighted by Crippen LogP contribution is 2.72.